The molecule has 1 saturated carbocycles. The Balaban J connectivity index is 1.68. The fourth-order valence-electron chi connectivity index (χ4n) is 4.90. The Morgan fingerprint density at radius 1 is 1.34 bits per heavy atom. The van der Waals surface area contributed by atoms with Gasteiger partial charge < -0.3 is 20.6 Å². The highest BCUT2D eigenvalue weighted by atomic mass is 16.2. The van der Waals surface area contributed by atoms with E-state index in [1.165, 1.54) is 0 Å². The van der Waals surface area contributed by atoms with Gasteiger partial charge in [-0.2, -0.15) is 0 Å². The summed E-state index contributed by atoms with van der Waals surface area (Å²) in [6.45, 7) is 12.3. The number of hydrogen-bond acceptors (Lipinski definition) is 6. The van der Waals surface area contributed by atoms with Gasteiger partial charge in [0, 0.05) is 43.9 Å². The van der Waals surface area contributed by atoms with E-state index in [1.807, 2.05) is 23.2 Å². The zero-order valence-corrected chi connectivity index (χ0v) is 21.1. The monoisotopic (exact) mass is 475 g/mol. The van der Waals surface area contributed by atoms with Crippen molar-refractivity contribution < 1.29 is 9.90 Å². The number of nitrogens with zero attached hydrogens (tertiary/aromatic N) is 4. The maximum Gasteiger partial charge on any atom is 0.246 e. The van der Waals surface area contributed by atoms with E-state index < -0.39 is 0 Å². The van der Waals surface area contributed by atoms with Crippen molar-refractivity contribution in [1.29, 1.82) is 0 Å². The Labute approximate surface area is 208 Å². The van der Waals surface area contributed by atoms with Crippen molar-refractivity contribution in [2.45, 2.75) is 52.0 Å². The van der Waals surface area contributed by atoms with Crippen molar-refractivity contribution in [3.8, 4) is 11.1 Å². The van der Waals surface area contributed by atoms with Gasteiger partial charge >= 0.3 is 0 Å². The number of piperazine rings is 1. The van der Waals surface area contributed by atoms with Crippen molar-refractivity contribution in [2.24, 2.45) is 5.92 Å². The molecule has 1 amide bonds. The standard InChI is InChI=1S/C28H37N5O2/c1-5-22-16-21(11-12-30-22)25-19(4)26(29)28(31-27(25)20-9-10-20)32-13-14-33(23(17-32)18(2)3)24(35)8-6-7-15-34/h5-6,8,11-12,16,18,20,23,34H,1,7,9-10,13-15,17,29H2,2-4H3/b8-6+/t23-/m0/s1. The number of nitrogens with two attached hydrogens (primary N) is 1. The second kappa shape index (κ2) is 10.6. The molecular formula is C28H37N5O2. The number of amides is 1. The first-order valence-corrected chi connectivity index (χ1v) is 12.6. The summed E-state index contributed by atoms with van der Waals surface area (Å²) < 4.78 is 0. The maximum atomic E-state index is 12.8. The number of aliphatic hydroxyl groups is 1. The summed E-state index contributed by atoms with van der Waals surface area (Å²) in [5, 5.41) is 9.01. The van der Waals surface area contributed by atoms with E-state index in [4.69, 9.17) is 15.8 Å². The largest absolute Gasteiger partial charge is 0.396 e. The van der Waals surface area contributed by atoms with Crippen molar-refractivity contribution in [2.75, 3.05) is 36.9 Å². The molecular weight excluding hydrogens is 438 g/mol. The quantitative estimate of drug-likeness (QED) is 0.557. The molecule has 3 N–H and O–H groups in total. The number of nitrogen functional groups attached to an aromatic ring is 1. The molecule has 7 nitrogen and oxygen atoms in total. The van der Waals surface area contributed by atoms with Gasteiger partial charge in [-0.1, -0.05) is 26.5 Å². The van der Waals surface area contributed by atoms with E-state index in [9.17, 15) is 4.79 Å². The summed E-state index contributed by atoms with van der Waals surface area (Å²) >= 11 is 0. The molecule has 186 valence electrons. The van der Waals surface area contributed by atoms with Gasteiger partial charge in [-0.3, -0.25) is 9.78 Å². The average Bonchev–Trinajstić information content (AvgIpc) is 3.70. The van der Waals surface area contributed by atoms with Crippen molar-refractivity contribution in [3.05, 3.63) is 54.0 Å². The average molecular weight is 476 g/mol. The second-order valence-electron chi connectivity index (χ2n) is 9.89. The first-order chi connectivity index (χ1) is 16.8. The molecule has 7 heteroatoms. The summed E-state index contributed by atoms with van der Waals surface area (Å²) in [7, 11) is 0. The number of anilines is 2. The van der Waals surface area contributed by atoms with Crippen LogP contribution >= 0.6 is 0 Å². The fourth-order valence-corrected chi connectivity index (χ4v) is 4.90. The summed E-state index contributed by atoms with van der Waals surface area (Å²) in [6.07, 6.45) is 9.66. The number of carbonyl (C=O) groups is 1. The van der Waals surface area contributed by atoms with E-state index in [0.29, 0.717) is 37.7 Å². The zero-order chi connectivity index (χ0) is 25.1. The van der Waals surface area contributed by atoms with Crippen LogP contribution in [-0.4, -0.2) is 58.2 Å². The molecule has 2 aromatic heterocycles. The Morgan fingerprint density at radius 2 is 2.11 bits per heavy atom. The highest BCUT2D eigenvalue weighted by Crippen LogP contribution is 2.47. The minimum absolute atomic E-state index is 0.00126. The molecule has 1 aliphatic heterocycles. The first-order valence-electron chi connectivity index (χ1n) is 12.6. The van der Waals surface area contributed by atoms with E-state index in [2.05, 4.69) is 37.2 Å². The molecule has 3 heterocycles. The van der Waals surface area contributed by atoms with Gasteiger partial charge in [-0.05, 0) is 67.5 Å². The van der Waals surface area contributed by atoms with Crippen LogP contribution in [0, 0.1) is 12.8 Å². The first kappa shape index (κ1) is 24.9. The second-order valence-corrected chi connectivity index (χ2v) is 9.89. The van der Waals surface area contributed by atoms with E-state index in [0.717, 1.165) is 46.7 Å². The van der Waals surface area contributed by atoms with Crippen molar-refractivity contribution >= 4 is 23.5 Å². The summed E-state index contributed by atoms with van der Waals surface area (Å²) in [5.74, 6) is 1.56. The van der Waals surface area contributed by atoms with Crippen molar-refractivity contribution in [1.82, 2.24) is 14.9 Å². The van der Waals surface area contributed by atoms with E-state index >= 15 is 0 Å². The normalized spacial score (nSPS) is 18.5. The molecule has 1 aliphatic carbocycles. The van der Waals surface area contributed by atoms with Crippen LogP contribution in [0.3, 0.4) is 0 Å². The minimum atomic E-state index is -0.00126. The molecule has 35 heavy (non-hydrogen) atoms. The molecule has 1 saturated heterocycles. The SMILES string of the molecule is C=Cc1cc(-c2c(C3CC3)nc(N3CCN(C(=O)/C=C/CCO)[C@H](C(C)C)C3)c(N)c2C)ccn1. The summed E-state index contributed by atoms with van der Waals surface area (Å²) in [4.78, 5) is 26.6. The van der Waals surface area contributed by atoms with Crippen molar-refractivity contribution in [3.63, 3.8) is 0 Å². The summed E-state index contributed by atoms with van der Waals surface area (Å²) in [6, 6.07) is 4.12. The van der Waals surface area contributed by atoms with Crippen LogP contribution in [0.1, 0.15) is 56.0 Å². The molecule has 0 radical (unpaired) electrons. The molecule has 4 rings (SSSR count). The number of aromatic nitrogens is 2. The lowest BCUT2D eigenvalue weighted by Gasteiger charge is -2.44. The lowest BCUT2D eigenvalue weighted by molar-refractivity contribution is -0.129. The predicted molar refractivity (Wildman–Crippen MR) is 142 cm³/mol. The number of hydrogen-bond donors (Lipinski definition) is 2. The number of pyridine rings is 2. The molecule has 2 fully saturated rings. The predicted octanol–water partition coefficient (Wildman–Crippen LogP) is 4.17. The highest BCUT2D eigenvalue weighted by Gasteiger charge is 2.35. The van der Waals surface area contributed by atoms with Crippen LogP contribution in [-0.2, 0) is 4.79 Å². The van der Waals surface area contributed by atoms with Gasteiger partial charge in [0.15, 0.2) is 5.82 Å². The van der Waals surface area contributed by atoms with Crippen LogP contribution in [0.25, 0.3) is 17.2 Å². The lowest BCUT2D eigenvalue weighted by atomic mass is 9.94. The number of rotatable bonds is 8. The molecule has 2 aromatic rings. The molecule has 0 bridgehead atoms. The maximum absolute atomic E-state index is 12.8. The molecule has 0 aromatic carbocycles. The number of carbonyl (C=O) groups excluding carboxylic acids is 1. The van der Waals surface area contributed by atoms with Gasteiger partial charge in [0.2, 0.25) is 5.91 Å². The third kappa shape index (κ3) is 5.25. The van der Waals surface area contributed by atoms with Gasteiger partial charge in [0.05, 0.1) is 23.1 Å². The topological polar surface area (TPSA) is 95.6 Å². The fraction of sp³-hybridized carbons (Fsp3) is 0.464. The van der Waals surface area contributed by atoms with Gasteiger partial charge in [-0.15, -0.1) is 0 Å². The lowest BCUT2D eigenvalue weighted by Crippen LogP contribution is -2.57. The number of aliphatic hydroxyl groups excluding tert-OH is 1. The molecule has 0 spiro atoms. The minimum Gasteiger partial charge on any atom is -0.396 e. The van der Waals surface area contributed by atoms with Gasteiger partial charge in [0.1, 0.15) is 0 Å². The van der Waals surface area contributed by atoms with Gasteiger partial charge in [0.25, 0.3) is 0 Å². The van der Waals surface area contributed by atoms with Crippen LogP contribution in [0.2, 0.25) is 0 Å². The highest BCUT2D eigenvalue weighted by molar-refractivity contribution is 5.88. The smallest absolute Gasteiger partial charge is 0.246 e. The zero-order valence-electron chi connectivity index (χ0n) is 21.1. The molecule has 0 unspecified atom stereocenters. The van der Waals surface area contributed by atoms with Gasteiger partial charge in [-0.25, -0.2) is 4.98 Å². The Morgan fingerprint density at radius 3 is 2.77 bits per heavy atom. The van der Waals surface area contributed by atoms with E-state index in [-0.39, 0.29) is 24.5 Å². The van der Waals surface area contributed by atoms with Crippen LogP contribution in [0.15, 0.2) is 37.1 Å². The third-order valence-electron chi connectivity index (χ3n) is 7.07. The van der Waals surface area contributed by atoms with Crippen LogP contribution in [0.5, 0.6) is 0 Å². The summed E-state index contributed by atoms with van der Waals surface area (Å²) in [5.41, 5.74) is 12.6. The third-order valence-corrected chi connectivity index (χ3v) is 7.07. The molecule has 2 aliphatic rings. The van der Waals surface area contributed by atoms with Crippen LogP contribution < -0.4 is 10.6 Å². The Hall–Kier alpha value is -3.19. The van der Waals surface area contributed by atoms with Crippen LogP contribution in [0.4, 0.5) is 11.5 Å². The molecule has 1 atom stereocenters. The Bertz CT molecular complexity index is 1120. The van der Waals surface area contributed by atoms with E-state index in [1.54, 1.807) is 18.2 Å². The Kier molecular flexibility index (Phi) is 7.55.